The number of amides is 1. The van der Waals surface area contributed by atoms with Gasteiger partial charge < -0.3 is 15.8 Å². The van der Waals surface area contributed by atoms with Crippen LogP contribution in [0.4, 0.5) is 20.2 Å². The third-order valence-electron chi connectivity index (χ3n) is 2.75. The van der Waals surface area contributed by atoms with Crippen molar-refractivity contribution in [2.75, 3.05) is 17.7 Å². The number of ether oxygens (including phenoxy) is 1. The van der Waals surface area contributed by atoms with Gasteiger partial charge in [-0.1, -0.05) is 6.07 Å². The van der Waals surface area contributed by atoms with Gasteiger partial charge in [-0.2, -0.15) is 0 Å². The minimum absolute atomic E-state index is 0.287. The van der Waals surface area contributed by atoms with E-state index < -0.39 is 23.1 Å². The van der Waals surface area contributed by atoms with Crippen molar-refractivity contribution in [1.82, 2.24) is 0 Å². The predicted octanol–water partition coefficient (Wildman–Crippen LogP) is 3.20. The highest BCUT2D eigenvalue weighted by atomic mass is 19.1. The maximum absolute atomic E-state index is 13.8. The summed E-state index contributed by atoms with van der Waals surface area (Å²) in [5.41, 5.74) is 4.71. The molecule has 2 aromatic carbocycles. The number of benzene rings is 2. The van der Waals surface area contributed by atoms with E-state index in [1.54, 1.807) is 24.3 Å². The number of carbonyl (C=O) groups is 1. The molecule has 0 saturated carbocycles. The molecule has 0 aliphatic heterocycles. The molecule has 2 aromatic rings. The van der Waals surface area contributed by atoms with E-state index in [-0.39, 0.29) is 5.69 Å². The molecule has 4 nitrogen and oxygen atoms in total. The largest absolute Gasteiger partial charge is 0.494 e. The fourth-order valence-corrected chi connectivity index (χ4v) is 1.80. The summed E-state index contributed by atoms with van der Waals surface area (Å²) >= 11 is 0. The maximum atomic E-state index is 13.8. The van der Waals surface area contributed by atoms with Crippen molar-refractivity contribution in [1.29, 1.82) is 0 Å². The minimum Gasteiger partial charge on any atom is -0.494 e. The number of rotatable bonds is 4. The number of anilines is 2. The molecule has 21 heavy (non-hydrogen) atoms. The Morgan fingerprint density at radius 1 is 1.29 bits per heavy atom. The molecule has 0 aromatic heterocycles. The summed E-state index contributed by atoms with van der Waals surface area (Å²) in [6, 6.07) is 8.53. The molecule has 0 spiro atoms. The summed E-state index contributed by atoms with van der Waals surface area (Å²) in [7, 11) is 0. The van der Waals surface area contributed by atoms with Crippen LogP contribution in [0.15, 0.2) is 36.4 Å². The molecular formula is C15H14F2N2O2. The molecule has 0 radical (unpaired) electrons. The third-order valence-corrected chi connectivity index (χ3v) is 2.75. The van der Waals surface area contributed by atoms with E-state index in [1.165, 1.54) is 0 Å². The van der Waals surface area contributed by atoms with Crippen LogP contribution in [0.1, 0.15) is 17.3 Å². The third kappa shape index (κ3) is 3.28. The molecule has 1 amide bonds. The van der Waals surface area contributed by atoms with E-state index >= 15 is 0 Å². The second kappa shape index (κ2) is 6.21. The van der Waals surface area contributed by atoms with Crippen LogP contribution in [0.5, 0.6) is 5.75 Å². The van der Waals surface area contributed by atoms with Crippen molar-refractivity contribution < 1.29 is 18.3 Å². The van der Waals surface area contributed by atoms with Gasteiger partial charge in [-0.05, 0) is 31.2 Å². The zero-order valence-corrected chi connectivity index (χ0v) is 11.3. The van der Waals surface area contributed by atoms with E-state index in [9.17, 15) is 13.6 Å². The summed E-state index contributed by atoms with van der Waals surface area (Å²) in [5.74, 6) is -2.41. The summed E-state index contributed by atoms with van der Waals surface area (Å²) in [4.78, 5) is 12.0. The van der Waals surface area contributed by atoms with Gasteiger partial charge in [0.15, 0.2) is 5.82 Å². The Hall–Kier alpha value is -2.63. The number of hydrogen-bond donors (Lipinski definition) is 2. The first-order chi connectivity index (χ1) is 10.0. The Morgan fingerprint density at radius 2 is 2.05 bits per heavy atom. The lowest BCUT2D eigenvalue weighted by Gasteiger charge is -2.10. The summed E-state index contributed by atoms with van der Waals surface area (Å²) < 4.78 is 32.6. The molecule has 0 unspecified atom stereocenters. The normalized spacial score (nSPS) is 10.2. The Morgan fingerprint density at radius 3 is 2.76 bits per heavy atom. The first-order valence-corrected chi connectivity index (χ1v) is 6.30. The smallest absolute Gasteiger partial charge is 0.261 e. The Balaban J connectivity index is 2.26. The lowest BCUT2D eigenvalue weighted by Crippen LogP contribution is -2.16. The molecule has 110 valence electrons. The highest BCUT2D eigenvalue weighted by molar-refractivity contribution is 6.05. The van der Waals surface area contributed by atoms with Crippen molar-refractivity contribution in [3.05, 3.63) is 53.6 Å². The summed E-state index contributed by atoms with van der Waals surface area (Å²) in [6.45, 7) is 2.29. The molecule has 0 fully saturated rings. The van der Waals surface area contributed by atoms with Crippen LogP contribution in [-0.4, -0.2) is 12.5 Å². The highest BCUT2D eigenvalue weighted by Gasteiger charge is 2.19. The average molecular weight is 292 g/mol. The number of nitrogens with one attached hydrogen (secondary N) is 1. The van der Waals surface area contributed by atoms with Gasteiger partial charge >= 0.3 is 0 Å². The second-order valence-corrected chi connectivity index (χ2v) is 4.24. The lowest BCUT2D eigenvalue weighted by molar-refractivity contribution is 0.101. The summed E-state index contributed by atoms with van der Waals surface area (Å²) in [5, 5.41) is 2.41. The molecule has 3 N–H and O–H groups in total. The van der Waals surface area contributed by atoms with Crippen molar-refractivity contribution in [2.45, 2.75) is 6.92 Å². The zero-order valence-electron chi connectivity index (χ0n) is 11.3. The molecule has 0 saturated heterocycles. The zero-order chi connectivity index (χ0) is 15.4. The first kappa shape index (κ1) is 14.8. The molecule has 0 aliphatic rings. The minimum atomic E-state index is -1.08. The monoisotopic (exact) mass is 292 g/mol. The van der Waals surface area contributed by atoms with Crippen LogP contribution in [0, 0.1) is 11.6 Å². The quantitative estimate of drug-likeness (QED) is 0.851. The fraction of sp³-hybridized carbons (Fsp3) is 0.133. The van der Waals surface area contributed by atoms with Gasteiger partial charge in [0.25, 0.3) is 5.91 Å². The van der Waals surface area contributed by atoms with Crippen LogP contribution in [0.2, 0.25) is 0 Å². The van der Waals surface area contributed by atoms with Gasteiger partial charge in [0.2, 0.25) is 0 Å². The van der Waals surface area contributed by atoms with Gasteiger partial charge in [0.05, 0.1) is 12.3 Å². The predicted molar refractivity (Wildman–Crippen MR) is 76.3 cm³/mol. The van der Waals surface area contributed by atoms with E-state index in [0.29, 0.717) is 18.0 Å². The molecule has 2 rings (SSSR count). The van der Waals surface area contributed by atoms with Gasteiger partial charge in [-0.3, -0.25) is 4.79 Å². The van der Waals surface area contributed by atoms with Crippen molar-refractivity contribution in [3.63, 3.8) is 0 Å². The lowest BCUT2D eigenvalue weighted by atomic mass is 10.1. The van der Waals surface area contributed by atoms with Gasteiger partial charge in [0.1, 0.15) is 17.1 Å². The standard InChI is InChI=1S/C15H14F2N2O2/c1-2-21-10-5-3-4-9(8-10)19-15(20)13-11(16)6-7-12(18)14(13)17/h3-8H,2,18H2,1H3,(H,19,20). The number of halogens is 2. The average Bonchev–Trinajstić information content (AvgIpc) is 2.44. The fourth-order valence-electron chi connectivity index (χ4n) is 1.80. The number of nitrogens with two attached hydrogens (primary N) is 1. The van der Waals surface area contributed by atoms with E-state index in [4.69, 9.17) is 10.5 Å². The topological polar surface area (TPSA) is 64.3 Å². The van der Waals surface area contributed by atoms with Crippen LogP contribution < -0.4 is 15.8 Å². The second-order valence-electron chi connectivity index (χ2n) is 4.24. The number of carbonyl (C=O) groups excluding carboxylic acids is 1. The molecule has 0 aliphatic carbocycles. The van der Waals surface area contributed by atoms with Crippen molar-refractivity contribution in [3.8, 4) is 5.75 Å². The van der Waals surface area contributed by atoms with Crippen LogP contribution in [-0.2, 0) is 0 Å². The van der Waals surface area contributed by atoms with Crippen LogP contribution in [0.3, 0.4) is 0 Å². The van der Waals surface area contributed by atoms with Crippen LogP contribution in [0.25, 0.3) is 0 Å². The molecular weight excluding hydrogens is 278 g/mol. The molecule has 0 bridgehead atoms. The molecule has 6 heteroatoms. The molecule has 0 atom stereocenters. The van der Waals surface area contributed by atoms with Gasteiger partial charge in [-0.25, -0.2) is 8.78 Å². The maximum Gasteiger partial charge on any atom is 0.261 e. The Kier molecular flexibility index (Phi) is 4.37. The molecule has 0 heterocycles. The van der Waals surface area contributed by atoms with Crippen molar-refractivity contribution in [2.24, 2.45) is 0 Å². The Labute approximate surface area is 120 Å². The highest BCUT2D eigenvalue weighted by Crippen LogP contribution is 2.22. The number of hydrogen-bond acceptors (Lipinski definition) is 3. The van der Waals surface area contributed by atoms with Gasteiger partial charge in [0, 0.05) is 11.8 Å². The van der Waals surface area contributed by atoms with E-state index in [0.717, 1.165) is 12.1 Å². The first-order valence-electron chi connectivity index (χ1n) is 6.30. The van der Waals surface area contributed by atoms with Crippen molar-refractivity contribution >= 4 is 17.3 Å². The van der Waals surface area contributed by atoms with E-state index in [2.05, 4.69) is 5.32 Å². The van der Waals surface area contributed by atoms with E-state index in [1.807, 2.05) is 6.92 Å². The SMILES string of the molecule is CCOc1cccc(NC(=O)c2c(F)ccc(N)c2F)c1. The van der Waals surface area contributed by atoms with Crippen LogP contribution >= 0.6 is 0 Å². The number of nitrogen functional groups attached to an aromatic ring is 1. The van der Waals surface area contributed by atoms with Gasteiger partial charge in [-0.15, -0.1) is 0 Å². The summed E-state index contributed by atoms with van der Waals surface area (Å²) in [6.07, 6.45) is 0. The Bertz CT molecular complexity index is 675.